The SMILES string of the molecule is Cl.NCCCCCCC(=O)Nc1ccc(-c2cnc(C3CC3)o2)cc1. The Balaban J connectivity index is 0.00000225. The number of benzene rings is 1. The van der Waals surface area contributed by atoms with E-state index in [0.717, 1.165) is 55.1 Å². The Morgan fingerprint density at radius 3 is 2.56 bits per heavy atom. The molecule has 1 aliphatic carbocycles. The Hall–Kier alpha value is -1.85. The molecule has 6 heteroatoms. The fourth-order valence-electron chi connectivity index (χ4n) is 2.66. The van der Waals surface area contributed by atoms with Gasteiger partial charge in [0, 0.05) is 23.6 Å². The van der Waals surface area contributed by atoms with Crippen LogP contribution in [0.4, 0.5) is 5.69 Å². The minimum absolute atomic E-state index is 0. The number of rotatable bonds is 9. The number of carbonyl (C=O) groups excluding carboxylic acids is 1. The van der Waals surface area contributed by atoms with E-state index in [1.807, 2.05) is 24.3 Å². The molecular formula is C19H26ClN3O2. The first-order chi connectivity index (χ1) is 11.8. The predicted molar refractivity (Wildman–Crippen MR) is 102 cm³/mol. The lowest BCUT2D eigenvalue weighted by Gasteiger charge is -2.06. The van der Waals surface area contributed by atoms with Gasteiger partial charge in [-0.15, -0.1) is 12.4 Å². The number of unbranched alkanes of at least 4 members (excludes halogenated alkanes) is 3. The molecule has 1 aliphatic rings. The Morgan fingerprint density at radius 1 is 1.16 bits per heavy atom. The lowest BCUT2D eigenvalue weighted by atomic mass is 10.1. The molecule has 3 rings (SSSR count). The third kappa shape index (κ3) is 5.87. The summed E-state index contributed by atoms with van der Waals surface area (Å²) in [5.41, 5.74) is 7.25. The Kier molecular flexibility index (Phi) is 7.47. The van der Waals surface area contributed by atoms with Gasteiger partial charge in [0.05, 0.1) is 6.20 Å². The first-order valence-corrected chi connectivity index (χ1v) is 8.82. The van der Waals surface area contributed by atoms with Crippen LogP contribution in [0, 0.1) is 0 Å². The monoisotopic (exact) mass is 363 g/mol. The molecule has 1 aromatic heterocycles. The van der Waals surface area contributed by atoms with Crippen LogP contribution >= 0.6 is 12.4 Å². The van der Waals surface area contributed by atoms with Gasteiger partial charge in [0.25, 0.3) is 0 Å². The highest BCUT2D eigenvalue weighted by molar-refractivity contribution is 5.90. The molecule has 0 aliphatic heterocycles. The number of aromatic nitrogens is 1. The van der Waals surface area contributed by atoms with E-state index in [9.17, 15) is 4.79 Å². The molecule has 0 bridgehead atoms. The van der Waals surface area contributed by atoms with Crippen molar-refractivity contribution < 1.29 is 9.21 Å². The normalized spacial score (nSPS) is 13.3. The van der Waals surface area contributed by atoms with E-state index in [0.29, 0.717) is 12.3 Å². The minimum atomic E-state index is 0. The van der Waals surface area contributed by atoms with Crippen molar-refractivity contribution in [1.82, 2.24) is 4.98 Å². The number of nitrogens with zero attached hydrogens (tertiary/aromatic N) is 1. The first-order valence-electron chi connectivity index (χ1n) is 8.82. The van der Waals surface area contributed by atoms with Gasteiger partial charge in [0.2, 0.25) is 5.91 Å². The standard InChI is InChI=1S/C19H25N3O2.ClH/c20-12-4-2-1-3-5-18(23)22-16-10-8-14(9-11-16)17-13-21-19(24-17)15-6-7-15;/h8-11,13,15H,1-7,12,20H2,(H,22,23);1H. The predicted octanol–water partition coefficient (Wildman–Crippen LogP) is 4.49. The lowest BCUT2D eigenvalue weighted by molar-refractivity contribution is -0.116. The topological polar surface area (TPSA) is 81.2 Å². The second-order valence-electron chi connectivity index (χ2n) is 6.42. The number of nitrogens with one attached hydrogen (secondary N) is 1. The van der Waals surface area contributed by atoms with Crippen molar-refractivity contribution in [3.8, 4) is 11.3 Å². The molecule has 2 aromatic rings. The highest BCUT2D eigenvalue weighted by Gasteiger charge is 2.28. The fourth-order valence-corrected chi connectivity index (χ4v) is 2.66. The number of carbonyl (C=O) groups is 1. The Labute approximate surface area is 154 Å². The van der Waals surface area contributed by atoms with E-state index in [1.54, 1.807) is 6.20 Å². The minimum Gasteiger partial charge on any atom is -0.440 e. The zero-order valence-electron chi connectivity index (χ0n) is 14.4. The second kappa shape index (κ2) is 9.59. The summed E-state index contributed by atoms with van der Waals surface area (Å²) in [5, 5.41) is 2.94. The van der Waals surface area contributed by atoms with Crippen LogP contribution in [-0.4, -0.2) is 17.4 Å². The molecular weight excluding hydrogens is 338 g/mol. The molecule has 3 N–H and O–H groups in total. The van der Waals surface area contributed by atoms with Crippen molar-refractivity contribution in [1.29, 1.82) is 0 Å². The quantitative estimate of drug-likeness (QED) is 0.643. The van der Waals surface area contributed by atoms with E-state index in [1.165, 1.54) is 12.8 Å². The van der Waals surface area contributed by atoms with Crippen LogP contribution in [-0.2, 0) is 4.79 Å². The average Bonchev–Trinajstić information content (AvgIpc) is 3.33. The van der Waals surface area contributed by atoms with Crippen molar-refractivity contribution in [3.63, 3.8) is 0 Å². The fraction of sp³-hybridized carbons (Fsp3) is 0.474. The molecule has 5 nitrogen and oxygen atoms in total. The number of anilines is 1. The van der Waals surface area contributed by atoms with Crippen molar-refractivity contribution in [2.24, 2.45) is 5.73 Å². The second-order valence-corrected chi connectivity index (χ2v) is 6.42. The molecule has 136 valence electrons. The van der Waals surface area contributed by atoms with Crippen LogP contribution in [0.1, 0.15) is 56.8 Å². The third-order valence-electron chi connectivity index (χ3n) is 4.26. The van der Waals surface area contributed by atoms with E-state index in [2.05, 4.69) is 10.3 Å². The van der Waals surface area contributed by atoms with Gasteiger partial charge >= 0.3 is 0 Å². The van der Waals surface area contributed by atoms with E-state index in [4.69, 9.17) is 10.2 Å². The van der Waals surface area contributed by atoms with Crippen molar-refractivity contribution in [2.45, 2.75) is 50.9 Å². The van der Waals surface area contributed by atoms with Gasteiger partial charge in [0.1, 0.15) is 0 Å². The van der Waals surface area contributed by atoms with Gasteiger partial charge in [0.15, 0.2) is 11.7 Å². The summed E-state index contributed by atoms with van der Waals surface area (Å²) < 4.78 is 5.79. The molecule has 0 atom stereocenters. The first kappa shape index (κ1) is 19.5. The Morgan fingerprint density at radius 2 is 1.88 bits per heavy atom. The number of halogens is 1. The Bertz CT molecular complexity index is 666. The zero-order valence-corrected chi connectivity index (χ0v) is 15.2. The van der Waals surface area contributed by atoms with Crippen LogP contribution < -0.4 is 11.1 Å². The summed E-state index contributed by atoms with van der Waals surface area (Å²) in [6.07, 6.45) is 8.78. The maximum absolute atomic E-state index is 11.9. The molecule has 25 heavy (non-hydrogen) atoms. The maximum atomic E-state index is 11.9. The van der Waals surface area contributed by atoms with Gasteiger partial charge in [-0.1, -0.05) is 12.8 Å². The molecule has 1 heterocycles. The molecule has 1 amide bonds. The number of amides is 1. The molecule has 0 spiro atoms. The summed E-state index contributed by atoms with van der Waals surface area (Å²) in [7, 11) is 0. The summed E-state index contributed by atoms with van der Waals surface area (Å²) in [5.74, 6) is 2.21. The number of oxazole rings is 1. The summed E-state index contributed by atoms with van der Waals surface area (Å²) in [6.45, 7) is 0.728. The third-order valence-corrected chi connectivity index (χ3v) is 4.26. The highest BCUT2D eigenvalue weighted by Crippen LogP contribution is 2.40. The van der Waals surface area contributed by atoms with Crippen molar-refractivity contribution >= 4 is 24.0 Å². The van der Waals surface area contributed by atoms with Crippen molar-refractivity contribution in [3.05, 3.63) is 36.4 Å². The van der Waals surface area contributed by atoms with Gasteiger partial charge in [-0.25, -0.2) is 4.98 Å². The van der Waals surface area contributed by atoms with Gasteiger partial charge in [-0.3, -0.25) is 4.79 Å². The highest BCUT2D eigenvalue weighted by atomic mass is 35.5. The summed E-state index contributed by atoms with van der Waals surface area (Å²) in [4.78, 5) is 16.3. The lowest BCUT2D eigenvalue weighted by Crippen LogP contribution is -2.11. The van der Waals surface area contributed by atoms with Crippen LogP contribution in [0.3, 0.4) is 0 Å². The molecule has 1 aromatic carbocycles. The van der Waals surface area contributed by atoms with Crippen LogP contribution in [0.5, 0.6) is 0 Å². The molecule has 0 radical (unpaired) electrons. The van der Waals surface area contributed by atoms with Crippen LogP contribution in [0.25, 0.3) is 11.3 Å². The molecule has 0 saturated heterocycles. The smallest absolute Gasteiger partial charge is 0.224 e. The van der Waals surface area contributed by atoms with E-state index >= 15 is 0 Å². The zero-order chi connectivity index (χ0) is 16.8. The van der Waals surface area contributed by atoms with Gasteiger partial charge in [-0.05, 0) is 56.5 Å². The number of hydrogen-bond donors (Lipinski definition) is 2. The molecule has 1 saturated carbocycles. The average molecular weight is 364 g/mol. The van der Waals surface area contributed by atoms with Gasteiger partial charge < -0.3 is 15.5 Å². The van der Waals surface area contributed by atoms with Crippen LogP contribution in [0.2, 0.25) is 0 Å². The maximum Gasteiger partial charge on any atom is 0.224 e. The largest absolute Gasteiger partial charge is 0.440 e. The summed E-state index contributed by atoms with van der Waals surface area (Å²) >= 11 is 0. The van der Waals surface area contributed by atoms with E-state index < -0.39 is 0 Å². The van der Waals surface area contributed by atoms with E-state index in [-0.39, 0.29) is 18.3 Å². The molecule has 0 unspecified atom stereocenters. The molecule has 1 fully saturated rings. The number of nitrogens with two attached hydrogens (primary N) is 1. The number of hydrogen-bond acceptors (Lipinski definition) is 4. The van der Waals surface area contributed by atoms with Crippen molar-refractivity contribution in [2.75, 3.05) is 11.9 Å². The van der Waals surface area contributed by atoms with Gasteiger partial charge in [-0.2, -0.15) is 0 Å². The van der Waals surface area contributed by atoms with Crippen LogP contribution in [0.15, 0.2) is 34.9 Å². The summed E-state index contributed by atoms with van der Waals surface area (Å²) in [6, 6.07) is 7.71.